The summed E-state index contributed by atoms with van der Waals surface area (Å²) >= 11 is 0. The number of nitrogens with two attached hydrogens (primary N) is 1. The van der Waals surface area contributed by atoms with Crippen molar-refractivity contribution in [1.82, 2.24) is 5.32 Å². The molecule has 2 rings (SSSR count). The number of carbonyl (C=O) groups is 2. The van der Waals surface area contributed by atoms with Crippen LogP contribution in [0.5, 0.6) is 0 Å². The van der Waals surface area contributed by atoms with Gasteiger partial charge in [-0.25, -0.2) is 4.79 Å². The molecule has 2 amide bonds. The summed E-state index contributed by atoms with van der Waals surface area (Å²) in [5, 5.41) is 9.40. The Labute approximate surface area is 195 Å². The average molecular weight is 455 g/mol. The minimum atomic E-state index is -0.636. The Bertz CT molecular complexity index is 952. The number of anilines is 1. The summed E-state index contributed by atoms with van der Waals surface area (Å²) in [4.78, 5) is 29.7. The number of oxime groups is 1. The number of hydrogen-bond acceptors (Lipinski definition) is 5. The van der Waals surface area contributed by atoms with Crippen molar-refractivity contribution < 1.29 is 19.2 Å². The number of rotatable bonds is 9. The first-order valence-corrected chi connectivity index (χ1v) is 10.9. The van der Waals surface area contributed by atoms with Gasteiger partial charge in [0.1, 0.15) is 5.60 Å². The van der Waals surface area contributed by atoms with Crippen molar-refractivity contribution >= 4 is 23.5 Å². The van der Waals surface area contributed by atoms with Gasteiger partial charge in [-0.1, -0.05) is 67.5 Å². The van der Waals surface area contributed by atoms with Crippen molar-refractivity contribution in [3.05, 3.63) is 54.6 Å². The summed E-state index contributed by atoms with van der Waals surface area (Å²) in [7, 11) is 0. The zero-order chi connectivity index (χ0) is 24.4. The van der Waals surface area contributed by atoms with E-state index in [0.717, 1.165) is 11.1 Å². The second kappa shape index (κ2) is 11.9. The van der Waals surface area contributed by atoms with Gasteiger partial charge in [0.25, 0.3) is 5.91 Å². The number of nitrogens with one attached hydrogen (secondary N) is 2. The number of hydrogen-bond donors (Lipinski definition) is 3. The van der Waals surface area contributed by atoms with E-state index in [1.165, 1.54) is 0 Å². The van der Waals surface area contributed by atoms with Gasteiger partial charge in [0.15, 0.2) is 12.4 Å². The molecule has 0 aliphatic rings. The highest BCUT2D eigenvalue weighted by molar-refractivity contribution is 5.96. The van der Waals surface area contributed by atoms with Crippen molar-refractivity contribution in [1.29, 1.82) is 0 Å². The first kappa shape index (κ1) is 25.7. The van der Waals surface area contributed by atoms with Crippen LogP contribution in [0, 0.1) is 5.92 Å². The number of carbonyl (C=O) groups excluding carboxylic acids is 2. The van der Waals surface area contributed by atoms with Gasteiger partial charge in [0.2, 0.25) is 0 Å². The number of nitrogens with zero attached hydrogens (tertiary/aromatic N) is 1. The van der Waals surface area contributed by atoms with E-state index in [9.17, 15) is 9.59 Å². The highest BCUT2D eigenvalue weighted by Crippen LogP contribution is 2.27. The molecule has 0 spiro atoms. The molecule has 0 saturated carbocycles. The lowest BCUT2D eigenvalue weighted by Gasteiger charge is -2.24. The summed E-state index contributed by atoms with van der Waals surface area (Å²) in [6, 6.07) is 16.7. The van der Waals surface area contributed by atoms with Crippen molar-refractivity contribution in [2.24, 2.45) is 16.8 Å². The van der Waals surface area contributed by atoms with E-state index in [4.69, 9.17) is 15.3 Å². The molecule has 8 heteroatoms. The van der Waals surface area contributed by atoms with Gasteiger partial charge in [0.05, 0.1) is 6.04 Å². The van der Waals surface area contributed by atoms with Crippen LogP contribution in [0.4, 0.5) is 10.5 Å². The number of benzene rings is 2. The standard InChI is InChI=1S/C25H34N4O4/c1-17(2)15-21(28-24(31)33-25(3,4)5)23(26)29-32-16-22(30)27-20-14-10-9-13-19(20)18-11-7-6-8-12-18/h6-14,17,21H,15-16H2,1-5H3,(H2,26,29)(H,27,30)(H,28,31). The smallest absolute Gasteiger partial charge is 0.408 e. The third-order valence-corrected chi connectivity index (χ3v) is 4.41. The quantitative estimate of drug-likeness (QED) is 0.293. The Morgan fingerprint density at radius 3 is 2.30 bits per heavy atom. The number of amides is 2. The molecular weight excluding hydrogens is 420 g/mol. The fourth-order valence-electron chi connectivity index (χ4n) is 3.05. The molecular formula is C25H34N4O4. The second-order valence-electron chi connectivity index (χ2n) is 9.08. The minimum Gasteiger partial charge on any atom is -0.444 e. The average Bonchev–Trinajstić information content (AvgIpc) is 2.72. The molecule has 178 valence electrons. The molecule has 1 unspecified atom stereocenters. The molecule has 4 N–H and O–H groups in total. The lowest BCUT2D eigenvalue weighted by molar-refractivity contribution is -0.120. The molecule has 0 bridgehead atoms. The molecule has 2 aromatic carbocycles. The Balaban J connectivity index is 1.98. The zero-order valence-electron chi connectivity index (χ0n) is 19.9. The molecule has 0 aliphatic heterocycles. The van der Waals surface area contributed by atoms with E-state index >= 15 is 0 Å². The van der Waals surface area contributed by atoms with E-state index in [1.807, 2.05) is 68.4 Å². The molecule has 0 radical (unpaired) electrons. The lowest BCUT2D eigenvalue weighted by Crippen LogP contribution is -2.47. The summed E-state index contributed by atoms with van der Waals surface area (Å²) < 4.78 is 5.29. The zero-order valence-corrected chi connectivity index (χ0v) is 19.9. The van der Waals surface area contributed by atoms with Gasteiger partial charge in [-0.3, -0.25) is 4.79 Å². The summed E-state index contributed by atoms with van der Waals surface area (Å²) in [5.41, 5.74) is 7.95. The molecule has 0 heterocycles. The topological polar surface area (TPSA) is 115 Å². The Morgan fingerprint density at radius 1 is 1.03 bits per heavy atom. The van der Waals surface area contributed by atoms with Gasteiger partial charge in [0, 0.05) is 11.3 Å². The maximum absolute atomic E-state index is 12.4. The Hall–Kier alpha value is -3.55. The fourth-order valence-corrected chi connectivity index (χ4v) is 3.05. The SMILES string of the molecule is CC(C)CC(NC(=O)OC(C)(C)C)/C(N)=N/OCC(=O)Nc1ccccc1-c1ccccc1. The van der Waals surface area contributed by atoms with Gasteiger partial charge in [-0.2, -0.15) is 0 Å². The maximum atomic E-state index is 12.4. The van der Waals surface area contributed by atoms with Gasteiger partial charge in [-0.15, -0.1) is 0 Å². The molecule has 0 saturated heterocycles. The predicted molar refractivity (Wildman–Crippen MR) is 131 cm³/mol. The second-order valence-corrected chi connectivity index (χ2v) is 9.08. The van der Waals surface area contributed by atoms with Gasteiger partial charge < -0.3 is 25.9 Å². The normalized spacial score (nSPS) is 12.7. The van der Waals surface area contributed by atoms with Crippen LogP contribution in [0.25, 0.3) is 11.1 Å². The van der Waals surface area contributed by atoms with Crippen LogP contribution in [-0.2, 0) is 14.4 Å². The largest absolute Gasteiger partial charge is 0.444 e. The Kier molecular flexibility index (Phi) is 9.27. The first-order chi connectivity index (χ1) is 15.5. The third-order valence-electron chi connectivity index (χ3n) is 4.41. The molecule has 0 fully saturated rings. The number of ether oxygens (including phenoxy) is 1. The third kappa shape index (κ3) is 9.22. The molecule has 8 nitrogen and oxygen atoms in total. The first-order valence-electron chi connectivity index (χ1n) is 10.9. The van der Waals surface area contributed by atoms with Crippen molar-refractivity contribution in [2.75, 3.05) is 11.9 Å². The predicted octanol–water partition coefficient (Wildman–Crippen LogP) is 4.52. The highest BCUT2D eigenvalue weighted by Gasteiger charge is 2.23. The minimum absolute atomic E-state index is 0.0621. The van der Waals surface area contributed by atoms with Crippen LogP contribution < -0.4 is 16.4 Å². The van der Waals surface area contributed by atoms with E-state index in [1.54, 1.807) is 20.8 Å². The van der Waals surface area contributed by atoms with Crippen LogP contribution >= 0.6 is 0 Å². The number of para-hydroxylation sites is 1. The number of alkyl carbamates (subject to hydrolysis) is 1. The van der Waals surface area contributed by atoms with E-state index in [2.05, 4.69) is 15.8 Å². The summed E-state index contributed by atoms with van der Waals surface area (Å²) in [5.74, 6) is -0.0843. The van der Waals surface area contributed by atoms with Crippen LogP contribution in [0.15, 0.2) is 59.8 Å². The monoisotopic (exact) mass is 454 g/mol. The van der Waals surface area contributed by atoms with Crippen LogP contribution in [0.2, 0.25) is 0 Å². The fraction of sp³-hybridized carbons (Fsp3) is 0.400. The Morgan fingerprint density at radius 2 is 1.67 bits per heavy atom. The molecule has 0 aromatic heterocycles. The van der Waals surface area contributed by atoms with E-state index in [0.29, 0.717) is 12.1 Å². The van der Waals surface area contributed by atoms with E-state index in [-0.39, 0.29) is 24.3 Å². The summed E-state index contributed by atoms with van der Waals surface area (Å²) in [6.07, 6.45) is -0.0595. The van der Waals surface area contributed by atoms with Crippen LogP contribution in [0.3, 0.4) is 0 Å². The van der Waals surface area contributed by atoms with Crippen molar-refractivity contribution in [3.8, 4) is 11.1 Å². The van der Waals surface area contributed by atoms with Crippen LogP contribution in [0.1, 0.15) is 41.0 Å². The maximum Gasteiger partial charge on any atom is 0.408 e. The molecule has 0 aliphatic carbocycles. The molecule has 2 aromatic rings. The lowest BCUT2D eigenvalue weighted by atomic mass is 10.0. The highest BCUT2D eigenvalue weighted by atomic mass is 16.6. The van der Waals surface area contributed by atoms with Crippen LogP contribution in [-0.4, -0.2) is 36.1 Å². The van der Waals surface area contributed by atoms with Gasteiger partial charge >= 0.3 is 6.09 Å². The van der Waals surface area contributed by atoms with Crippen molar-refractivity contribution in [3.63, 3.8) is 0 Å². The molecule has 1 atom stereocenters. The number of amidine groups is 1. The van der Waals surface area contributed by atoms with Crippen molar-refractivity contribution in [2.45, 2.75) is 52.7 Å². The van der Waals surface area contributed by atoms with Gasteiger partial charge in [-0.05, 0) is 44.7 Å². The van der Waals surface area contributed by atoms with E-state index < -0.39 is 17.7 Å². The molecule has 33 heavy (non-hydrogen) atoms. The summed E-state index contributed by atoms with van der Waals surface area (Å²) in [6.45, 7) is 8.99.